The molecule has 2 rings (SSSR count). The number of carbonyl (C=O) groups excluding carboxylic acids is 3. The van der Waals surface area contributed by atoms with Crippen LogP contribution in [0.2, 0.25) is 0 Å². The maximum Gasteiger partial charge on any atom is 0.348 e. The Balaban J connectivity index is 2.30. The lowest BCUT2D eigenvalue weighted by Crippen LogP contribution is -2.47. The quantitative estimate of drug-likeness (QED) is 0.642. The summed E-state index contributed by atoms with van der Waals surface area (Å²) < 4.78 is 10.9. The van der Waals surface area contributed by atoms with Crippen LogP contribution in [0.5, 0.6) is 0 Å². The molecule has 0 bridgehead atoms. The van der Waals surface area contributed by atoms with Gasteiger partial charge in [0.15, 0.2) is 0 Å². The molecular weight excluding hydrogens is 398 g/mol. The molecule has 9 nitrogen and oxygen atoms in total. The van der Waals surface area contributed by atoms with E-state index < -0.39 is 29.4 Å². The van der Waals surface area contributed by atoms with Gasteiger partial charge < -0.3 is 14.8 Å². The fourth-order valence-electron chi connectivity index (χ4n) is 2.83. The van der Waals surface area contributed by atoms with Crippen LogP contribution >= 0.6 is 11.3 Å². The van der Waals surface area contributed by atoms with Gasteiger partial charge in [0.2, 0.25) is 5.91 Å². The maximum absolute atomic E-state index is 12.9. The van der Waals surface area contributed by atoms with E-state index in [1.165, 1.54) is 13.4 Å². The van der Waals surface area contributed by atoms with Crippen molar-refractivity contribution in [1.29, 1.82) is 0 Å². The highest BCUT2D eigenvalue weighted by Gasteiger charge is 2.27. The molecule has 0 aliphatic carbocycles. The number of carbonyl (C=O) groups is 3. The largest absolute Gasteiger partial charge is 0.467 e. The van der Waals surface area contributed by atoms with Crippen LogP contribution in [0.4, 0.5) is 0 Å². The van der Waals surface area contributed by atoms with Gasteiger partial charge in [0.1, 0.15) is 22.3 Å². The second-order valence-corrected chi connectivity index (χ2v) is 7.59. The topological polar surface area (TPSA) is 117 Å². The Bertz CT molecular complexity index is 980. The third-order valence-electron chi connectivity index (χ3n) is 4.68. The Kier molecular flexibility index (Phi) is 7.49. The molecular formula is C19H25N3O6S. The fourth-order valence-corrected chi connectivity index (χ4v) is 3.87. The van der Waals surface area contributed by atoms with Gasteiger partial charge in [0.25, 0.3) is 5.56 Å². The number of nitrogens with zero attached hydrogens (tertiary/aromatic N) is 2. The first kappa shape index (κ1) is 22.5. The summed E-state index contributed by atoms with van der Waals surface area (Å²) in [5, 5.41) is 2.90. The van der Waals surface area contributed by atoms with Crippen molar-refractivity contribution >= 4 is 39.4 Å². The zero-order valence-electron chi connectivity index (χ0n) is 17.1. The predicted molar refractivity (Wildman–Crippen MR) is 108 cm³/mol. The number of ether oxygens (including phenoxy) is 2. The molecule has 158 valence electrons. The van der Waals surface area contributed by atoms with Gasteiger partial charge in [-0.15, -0.1) is 11.3 Å². The van der Waals surface area contributed by atoms with Crippen molar-refractivity contribution in [2.45, 2.75) is 46.7 Å². The molecule has 0 aliphatic heterocycles. The summed E-state index contributed by atoms with van der Waals surface area (Å²) in [6.45, 7) is 6.99. The number of hydrogen-bond donors (Lipinski definition) is 1. The monoisotopic (exact) mass is 423 g/mol. The number of aromatic nitrogens is 2. The summed E-state index contributed by atoms with van der Waals surface area (Å²) in [6, 6.07) is -0.803. The number of nitrogens with one attached hydrogen (secondary N) is 1. The Morgan fingerprint density at radius 2 is 2.00 bits per heavy atom. The molecule has 2 heterocycles. The molecule has 0 unspecified atom stereocenters. The van der Waals surface area contributed by atoms with Crippen LogP contribution in [0.1, 0.15) is 42.4 Å². The smallest absolute Gasteiger partial charge is 0.348 e. The fraction of sp³-hybridized carbons (Fsp3) is 0.526. The van der Waals surface area contributed by atoms with Gasteiger partial charge in [-0.3, -0.25) is 14.2 Å². The molecule has 29 heavy (non-hydrogen) atoms. The third kappa shape index (κ3) is 4.81. The number of esters is 2. The van der Waals surface area contributed by atoms with Crippen molar-refractivity contribution in [1.82, 2.24) is 14.9 Å². The van der Waals surface area contributed by atoms with E-state index in [0.717, 1.165) is 15.9 Å². The predicted octanol–water partition coefficient (Wildman–Crippen LogP) is 1.65. The first-order valence-corrected chi connectivity index (χ1v) is 10.1. The number of rotatable bonds is 8. The van der Waals surface area contributed by atoms with E-state index in [9.17, 15) is 19.2 Å². The SMILES string of the molecule is CCOC(=O)c1sc2ncn(CC(=O)N[C@H](C(=O)OC)[C@H](C)CC)c(=O)c2c1C. The first-order valence-electron chi connectivity index (χ1n) is 9.27. The number of methoxy groups -OCH3 is 1. The second-order valence-electron chi connectivity index (χ2n) is 6.59. The maximum atomic E-state index is 12.9. The lowest BCUT2D eigenvalue weighted by molar-refractivity contribution is -0.146. The molecule has 0 saturated carbocycles. The molecule has 0 saturated heterocycles. The van der Waals surface area contributed by atoms with E-state index >= 15 is 0 Å². The molecule has 2 atom stereocenters. The Morgan fingerprint density at radius 1 is 1.31 bits per heavy atom. The van der Waals surface area contributed by atoms with Gasteiger partial charge in [-0.25, -0.2) is 14.6 Å². The highest BCUT2D eigenvalue weighted by Crippen LogP contribution is 2.27. The zero-order chi connectivity index (χ0) is 21.7. The van der Waals surface area contributed by atoms with Crippen LogP contribution in [-0.2, 0) is 25.6 Å². The molecule has 0 aliphatic rings. The molecule has 10 heteroatoms. The Hall–Kier alpha value is -2.75. The van der Waals surface area contributed by atoms with Crippen molar-refractivity contribution in [2.24, 2.45) is 5.92 Å². The molecule has 1 N–H and O–H groups in total. The minimum absolute atomic E-state index is 0.130. The van der Waals surface area contributed by atoms with Crippen molar-refractivity contribution in [3.05, 3.63) is 27.1 Å². The van der Waals surface area contributed by atoms with E-state index in [4.69, 9.17) is 9.47 Å². The van der Waals surface area contributed by atoms with Crippen LogP contribution < -0.4 is 10.9 Å². The number of fused-ring (bicyclic) bond motifs is 1. The molecule has 0 aromatic carbocycles. The summed E-state index contributed by atoms with van der Waals surface area (Å²) >= 11 is 1.08. The Morgan fingerprint density at radius 3 is 2.59 bits per heavy atom. The summed E-state index contributed by atoms with van der Waals surface area (Å²) in [4.78, 5) is 54.2. The average Bonchev–Trinajstić information content (AvgIpc) is 3.04. The summed E-state index contributed by atoms with van der Waals surface area (Å²) in [5.74, 6) is -1.69. The van der Waals surface area contributed by atoms with E-state index in [1.807, 2.05) is 13.8 Å². The molecule has 2 aromatic rings. The Labute approximate surface area is 172 Å². The number of hydrogen-bond acceptors (Lipinski definition) is 8. The van der Waals surface area contributed by atoms with Gasteiger partial charge in [-0.05, 0) is 25.3 Å². The van der Waals surface area contributed by atoms with Crippen LogP contribution in [0.15, 0.2) is 11.1 Å². The average molecular weight is 423 g/mol. The van der Waals surface area contributed by atoms with E-state index in [1.54, 1.807) is 13.8 Å². The van der Waals surface area contributed by atoms with Gasteiger partial charge in [0, 0.05) is 0 Å². The van der Waals surface area contributed by atoms with Crippen molar-refractivity contribution in [3.63, 3.8) is 0 Å². The first-order chi connectivity index (χ1) is 13.7. The lowest BCUT2D eigenvalue weighted by Gasteiger charge is -2.21. The highest BCUT2D eigenvalue weighted by molar-refractivity contribution is 7.20. The van der Waals surface area contributed by atoms with Crippen molar-refractivity contribution in [3.8, 4) is 0 Å². The van der Waals surface area contributed by atoms with E-state index in [2.05, 4.69) is 10.3 Å². The molecule has 2 aromatic heterocycles. The third-order valence-corrected chi connectivity index (χ3v) is 5.86. The minimum Gasteiger partial charge on any atom is -0.467 e. The molecule has 1 amide bonds. The molecule has 0 fully saturated rings. The van der Waals surface area contributed by atoms with Crippen LogP contribution in [0.3, 0.4) is 0 Å². The summed E-state index contributed by atoms with van der Waals surface area (Å²) in [6.07, 6.45) is 1.92. The summed E-state index contributed by atoms with van der Waals surface area (Å²) in [7, 11) is 1.26. The standard InChI is InChI=1S/C19H25N3O6S/c1-6-10(3)14(18(25)27-5)21-12(23)8-22-9-20-16-13(17(22)24)11(4)15(29-16)19(26)28-7-2/h9-10,14H,6-8H2,1-5H3,(H,21,23)/t10-,14+/m1/s1. The lowest BCUT2D eigenvalue weighted by atomic mass is 9.99. The summed E-state index contributed by atoms with van der Waals surface area (Å²) in [5.41, 5.74) is 0.0374. The highest BCUT2D eigenvalue weighted by atomic mass is 32.1. The van der Waals surface area contributed by atoms with Gasteiger partial charge in [0.05, 0.1) is 25.4 Å². The molecule has 0 radical (unpaired) electrons. The zero-order valence-corrected chi connectivity index (χ0v) is 17.9. The number of thiophene rings is 1. The number of aryl methyl sites for hydroxylation is 1. The minimum atomic E-state index is -0.803. The van der Waals surface area contributed by atoms with Crippen molar-refractivity contribution < 1.29 is 23.9 Å². The second kappa shape index (κ2) is 9.64. The van der Waals surface area contributed by atoms with Crippen molar-refractivity contribution in [2.75, 3.05) is 13.7 Å². The van der Waals surface area contributed by atoms with E-state index in [0.29, 0.717) is 21.7 Å². The van der Waals surface area contributed by atoms with Crippen LogP contribution in [0, 0.1) is 12.8 Å². The van der Waals surface area contributed by atoms with Gasteiger partial charge >= 0.3 is 11.9 Å². The van der Waals surface area contributed by atoms with E-state index in [-0.39, 0.29) is 24.5 Å². The van der Waals surface area contributed by atoms with Gasteiger partial charge in [-0.1, -0.05) is 20.3 Å². The normalized spacial score (nSPS) is 13.0. The number of amides is 1. The molecule has 0 spiro atoms. The van der Waals surface area contributed by atoms with Crippen LogP contribution in [0.25, 0.3) is 10.2 Å². The van der Waals surface area contributed by atoms with Gasteiger partial charge in [-0.2, -0.15) is 0 Å². The van der Waals surface area contributed by atoms with Crippen LogP contribution in [-0.4, -0.2) is 47.2 Å².